The van der Waals surface area contributed by atoms with E-state index in [0.717, 1.165) is 6.07 Å². The number of benzene rings is 1. The van der Waals surface area contributed by atoms with Crippen LogP contribution in [0.5, 0.6) is 0 Å². The molecule has 3 aromatic rings. The summed E-state index contributed by atoms with van der Waals surface area (Å²) in [5.41, 5.74) is 0.944. The number of terminal acetylenes is 1. The third kappa shape index (κ3) is 5.63. The van der Waals surface area contributed by atoms with Crippen molar-refractivity contribution in [3.8, 4) is 23.5 Å². The summed E-state index contributed by atoms with van der Waals surface area (Å²) in [6.45, 7) is 1.37. The van der Waals surface area contributed by atoms with Gasteiger partial charge in [0.25, 0.3) is 17.7 Å². The Hall–Kier alpha value is -3.65. The fourth-order valence-corrected chi connectivity index (χ4v) is 5.25. The molecule has 0 unspecified atom stereocenters. The number of nitrogens with one attached hydrogen (secondary N) is 1. The molecule has 12 heteroatoms. The largest absolute Gasteiger partial charge is 0.334 e. The van der Waals surface area contributed by atoms with E-state index in [4.69, 9.17) is 29.6 Å². The third-order valence-electron chi connectivity index (χ3n) is 7.07. The van der Waals surface area contributed by atoms with Crippen LogP contribution in [0.2, 0.25) is 10.0 Å². The molecule has 0 spiro atoms. The maximum absolute atomic E-state index is 15.0. The SMILES string of the molecule is C#Cc1cnccc1-c1cc(Cl)c(C(=O)Nc2cnc(C(=O)N3CC(N4CCC(F)(F)CC4)C3)c(Cl)c2)cc1F. The molecule has 0 aliphatic carbocycles. The number of piperidine rings is 1. The minimum atomic E-state index is -2.63. The highest BCUT2D eigenvalue weighted by Crippen LogP contribution is 2.33. The first-order valence-electron chi connectivity index (χ1n) is 12.3. The molecule has 0 bridgehead atoms. The minimum Gasteiger partial charge on any atom is -0.334 e. The second-order valence-electron chi connectivity index (χ2n) is 9.64. The summed E-state index contributed by atoms with van der Waals surface area (Å²) in [6, 6.07) is 5.24. The average molecular weight is 588 g/mol. The van der Waals surface area contributed by atoms with Crippen molar-refractivity contribution < 1.29 is 22.8 Å². The lowest BCUT2D eigenvalue weighted by molar-refractivity contribution is -0.0764. The van der Waals surface area contributed by atoms with E-state index >= 15 is 0 Å². The second-order valence-corrected chi connectivity index (χ2v) is 10.5. The van der Waals surface area contributed by atoms with Gasteiger partial charge in [-0.25, -0.2) is 18.2 Å². The molecule has 0 atom stereocenters. The maximum atomic E-state index is 15.0. The first kappa shape index (κ1) is 27.9. The van der Waals surface area contributed by atoms with Crippen molar-refractivity contribution in [1.82, 2.24) is 19.8 Å². The smallest absolute Gasteiger partial charge is 0.274 e. The van der Waals surface area contributed by atoms with Crippen LogP contribution in [0, 0.1) is 18.2 Å². The molecular weight excluding hydrogens is 566 g/mol. The molecule has 2 aromatic heterocycles. The normalized spacial score (nSPS) is 17.1. The van der Waals surface area contributed by atoms with E-state index in [2.05, 4.69) is 21.2 Å². The van der Waals surface area contributed by atoms with Crippen molar-refractivity contribution in [3.05, 3.63) is 75.5 Å². The average Bonchev–Trinajstić information content (AvgIpc) is 2.89. The van der Waals surface area contributed by atoms with Crippen LogP contribution in [-0.2, 0) is 0 Å². The zero-order chi connectivity index (χ0) is 28.6. The van der Waals surface area contributed by atoms with Crippen LogP contribution in [0.1, 0.15) is 39.3 Å². The maximum Gasteiger partial charge on any atom is 0.274 e. The minimum absolute atomic E-state index is 0.00149. The summed E-state index contributed by atoms with van der Waals surface area (Å²) >= 11 is 12.6. The fourth-order valence-electron chi connectivity index (χ4n) is 4.75. The van der Waals surface area contributed by atoms with Crippen LogP contribution in [0.4, 0.5) is 18.9 Å². The number of alkyl halides is 2. The highest BCUT2D eigenvalue weighted by atomic mass is 35.5. The lowest BCUT2D eigenvalue weighted by atomic mass is 9.99. The van der Waals surface area contributed by atoms with Crippen molar-refractivity contribution in [1.29, 1.82) is 0 Å². The number of hydrogen-bond donors (Lipinski definition) is 1. The summed E-state index contributed by atoms with van der Waals surface area (Å²) in [5, 5.41) is 2.56. The standard InChI is InChI=1S/C28H22Cl2F3N5O2/c1-2-16-12-34-6-3-19(16)20-10-22(29)21(11-24(20)31)26(39)36-17-9-23(30)25(35-13-17)27(40)38-14-18(15-38)37-7-4-28(32,33)5-8-37/h1,3,6,9-13,18H,4-5,7-8,14-15H2,(H,36,39). The first-order chi connectivity index (χ1) is 19.1. The zero-order valence-electron chi connectivity index (χ0n) is 20.9. The van der Waals surface area contributed by atoms with Gasteiger partial charge in [0.2, 0.25) is 0 Å². The van der Waals surface area contributed by atoms with E-state index in [1.807, 2.05) is 4.90 Å². The Labute approximate surface area is 238 Å². The van der Waals surface area contributed by atoms with Gasteiger partial charge >= 0.3 is 0 Å². The fraction of sp³-hybridized carbons (Fsp3) is 0.286. The van der Waals surface area contributed by atoms with Crippen molar-refractivity contribution in [3.63, 3.8) is 0 Å². The van der Waals surface area contributed by atoms with Crippen molar-refractivity contribution >= 4 is 40.7 Å². The van der Waals surface area contributed by atoms with Crippen LogP contribution in [-0.4, -0.2) is 69.7 Å². The number of aromatic nitrogens is 2. The summed E-state index contributed by atoms with van der Waals surface area (Å²) in [6.07, 6.45) is 9.26. The Kier molecular flexibility index (Phi) is 7.73. The molecule has 2 saturated heterocycles. The molecule has 0 saturated carbocycles. The molecule has 2 aliphatic heterocycles. The third-order valence-corrected chi connectivity index (χ3v) is 7.67. The number of pyridine rings is 2. The Balaban J connectivity index is 1.24. The van der Waals surface area contributed by atoms with E-state index < -0.39 is 23.6 Å². The first-order valence-corrected chi connectivity index (χ1v) is 13.1. The number of anilines is 1. The summed E-state index contributed by atoms with van der Waals surface area (Å²) in [5.74, 6) is -2.01. The van der Waals surface area contributed by atoms with Gasteiger partial charge < -0.3 is 10.2 Å². The van der Waals surface area contributed by atoms with Gasteiger partial charge in [0.05, 0.1) is 33.1 Å². The van der Waals surface area contributed by atoms with Crippen molar-refractivity contribution in [2.45, 2.75) is 24.8 Å². The van der Waals surface area contributed by atoms with Gasteiger partial charge in [-0.1, -0.05) is 29.1 Å². The molecular formula is C28H22Cl2F3N5O2. The molecule has 2 amide bonds. The van der Waals surface area contributed by atoms with Gasteiger partial charge in [0.15, 0.2) is 0 Å². The number of rotatable bonds is 5. The van der Waals surface area contributed by atoms with Gasteiger partial charge in [0.1, 0.15) is 11.5 Å². The van der Waals surface area contributed by atoms with Gasteiger partial charge in [-0.05, 0) is 24.3 Å². The summed E-state index contributed by atoms with van der Waals surface area (Å²) in [7, 11) is 0. The lowest BCUT2D eigenvalue weighted by Crippen LogP contribution is -2.62. The van der Waals surface area contributed by atoms with E-state index in [1.165, 1.54) is 30.7 Å². The number of likely N-dealkylation sites (tertiary alicyclic amines) is 2. The van der Waals surface area contributed by atoms with E-state index in [1.54, 1.807) is 11.0 Å². The molecule has 2 aliphatic rings. The number of nitrogens with zero attached hydrogens (tertiary/aromatic N) is 4. The van der Waals surface area contributed by atoms with Gasteiger partial charge in [-0.2, -0.15) is 0 Å². The topological polar surface area (TPSA) is 78.4 Å². The monoisotopic (exact) mass is 587 g/mol. The molecule has 7 nitrogen and oxygen atoms in total. The van der Waals surface area contributed by atoms with Crippen LogP contribution >= 0.6 is 23.2 Å². The van der Waals surface area contributed by atoms with Crippen molar-refractivity contribution in [2.75, 3.05) is 31.5 Å². The summed E-state index contributed by atoms with van der Waals surface area (Å²) < 4.78 is 41.8. The Morgan fingerprint density at radius 2 is 1.80 bits per heavy atom. The number of hydrogen-bond acceptors (Lipinski definition) is 5. The van der Waals surface area contributed by atoms with E-state index in [-0.39, 0.29) is 51.4 Å². The lowest BCUT2D eigenvalue weighted by Gasteiger charge is -2.47. The molecule has 4 heterocycles. The predicted octanol–water partition coefficient (Wildman–Crippen LogP) is 5.38. The predicted molar refractivity (Wildman–Crippen MR) is 145 cm³/mol. The molecule has 0 radical (unpaired) electrons. The molecule has 5 rings (SSSR count). The number of amides is 2. The van der Waals surface area contributed by atoms with Crippen LogP contribution in [0.15, 0.2) is 42.9 Å². The highest BCUT2D eigenvalue weighted by Gasteiger charge is 2.41. The van der Waals surface area contributed by atoms with Crippen LogP contribution in [0.25, 0.3) is 11.1 Å². The van der Waals surface area contributed by atoms with Crippen LogP contribution < -0.4 is 5.32 Å². The number of carbonyl (C=O) groups is 2. The summed E-state index contributed by atoms with van der Waals surface area (Å²) in [4.78, 5) is 37.3. The molecule has 206 valence electrons. The van der Waals surface area contributed by atoms with E-state index in [0.29, 0.717) is 37.3 Å². The van der Waals surface area contributed by atoms with Crippen LogP contribution in [0.3, 0.4) is 0 Å². The number of carbonyl (C=O) groups excluding carboxylic acids is 2. The second kappa shape index (κ2) is 11.1. The Morgan fingerprint density at radius 3 is 2.48 bits per heavy atom. The van der Waals surface area contributed by atoms with E-state index in [9.17, 15) is 22.8 Å². The van der Waals surface area contributed by atoms with Gasteiger partial charge in [-0.3, -0.25) is 19.5 Å². The molecule has 40 heavy (non-hydrogen) atoms. The quantitative estimate of drug-likeness (QED) is 0.406. The highest BCUT2D eigenvalue weighted by molar-refractivity contribution is 6.35. The van der Waals surface area contributed by atoms with Gasteiger partial charge in [0, 0.05) is 68.6 Å². The van der Waals surface area contributed by atoms with Gasteiger partial charge in [-0.15, -0.1) is 6.42 Å². The molecule has 2 fully saturated rings. The molecule has 1 N–H and O–H groups in total. The molecule has 1 aromatic carbocycles. The zero-order valence-corrected chi connectivity index (χ0v) is 22.4. The Bertz CT molecular complexity index is 1530. The Morgan fingerprint density at radius 1 is 1.07 bits per heavy atom. The number of halogens is 5. The van der Waals surface area contributed by atoms with Crippen molar-refractivity contribution in [2.24, 2.45) is 0 Å².